The van der Waals surface area contributed by atoms with Gasteiger partial charge in [-0.1, -0.05) is 12.1 Å². The Hall–Kier alpha value is -2.63. The SMILES string of the molecule is CN(C1=C(c2ccc(S(C)(=O)=O)cc2)C(C)(C)OC1S(=O)CC1(CC(=O)O)CC1)c1ccc(F)c(F)c1. The molecular weight excluding hydrogens is 524 g/mol. The minimum absolute atomic E-state index is 0.0906. The van der Waals surface area contributed by atoms with Gasteiger partial charge in [0.25, 0.3) is 0 Å². The molecule has 0 aromatic heterocycles. The summed E-state index contributed by atoms with van der Waals surface area (Å²) in [6.07, 6.45) is 2.32. The van der Waals surface area contributed by atoms with E-state index in [2.05, 4.69) is 0 Å². The number of ether oxygens (including phenoxy) is 1. The van der Waals surface area contributed by atoms with E-state index in [9.17, 15) is 31.3 Å². The van der Waals surface area contributed by atoms with Gasteiger partial charge in [-0.05, 0) is 61.9 Å². The van der Waals surface area contributed by atoms with Gasteiger partial charge in [-0.3, -0.25) is 9.00 Å². The lowest BCUT2D eigenvalue weighted by molar-refractivity contribution is -0.138. The number of halogens is 2. The van der Waals surface area contributed by atoms with Gasteiger partial charge in [0.1, 0.15) is 0 Å². The molecule has 0 bridgehead atoms. The lowest BCUT2D eigenvalue weighted by Crippen LogP contribution is -2.33. The number of benzene rings is 2. The predicted molar refractivity (Wildman–Crippen MR) is 137 cm³/mol. The number of carbonyl (C=O) groups is 1. The van der Waals surface area contributed by atoms with Crippen molar-refractivity contribution in [3.05, 3.63) is 65.4 Å². The molecule has 37 heavy (non-hydrogen) atoms. The van der Waals surface area contributed by atoms with Crippen molar-refractivity contribution in [2.75, 3.05) is 24.0 Å². The summed E-state index contributed by atoms with van der Waals surface area (Å²) in [5, 5.41) is 9.30. The van der Waals surface area contributed by atoms with Crippen LogP contribution in [-0.2, 0) is 30.2 Å². The third-order valence-electron chi connectivity index (χ3n) is 6.88. The Bertz CT molecular complexity index is 1400. The van der Waals surface area contributed by atoms with Gasteiger partial charge < -0.3 is 14.7 Å². The fourth-order valence-corrected chi connectivity index (χ4v) is 7.41. The average Bonchev–Trinajstić information content (AvgIpc) is 3.47. The lowest BCUT2D eigenvalue weighted by atomic mass is 9.91. The minimum atomic E-state index is -3.43. The maximum Gasteiger partial charge on any atom is 0.303 e. The number of anilines is 1. The predicted octanol–water partition coefficient (Wildman–Crippen LogP) is 4.35. The second-order valence-corrected chi connectivity index (χ2v) is 13.8. The summed E-state index contributed by atoms with van der Waals surface area (Å²) in [6, 6.07) is 9.64. The van der Waals surface area contributed by atoms with Gasteiger partial charge in [0, 0.05) is 36.4 Å². The zero-order valence-corrected chi connectivity index (χ0v) is 22.6. The third-order valence-corrected chi connectivity index (χ3v) is 9.70. The highest BCUT2D eigenvalue weighted by Gasteiger charge is 2.51. The molecule has 1 aliphatic carbocycles. The molecule has 0 spiro atoms. The molecular formula is C26H29F2NO6S2. The van der Waals surface area contributed by atoms with Gasteiger partial charge in [0.15, 0.2) is 26.9 Å². The highest BCUT2D eigenvalue weighted by atomic mass is 32.2. The first kappa shape index (κ1) is 27.4. The molecule has 2 aliphatic rings. The number of nitrogens with zero attached hydrogens (tertiary/aromatic N) is 1. The molecule has 2 aromatic carbocycles. The molecule has 1 saturated carbocycles. The molecule has 0 saturated heterocycles. The number of carboxylic acid groups (broad SMARTS) is 1. The van der Waals surface area contributed by atoms with Crippen LogP contribution in [0, 0.1) is 17.0 Å². The van der Waals surface area contributed by atoms with E-state index < -0.39 is 54.7 Å². The lowest BCUT2D eigenvalue weighted by Gasteiger charge is -2.27. The van der Waals surface area contributed by atoms with Gasteiger partial charge in [0.2, 0.25) is 0 Å². The molecule has 1 fully saturated rings. The summed E-state index contributed by atoms with van der Waals surface area (Å²) in [6.45, 7) is 3.57. The van der Waals surface area contributed by atoms with Crippen molar-refractivity contribution in [3.8, 4) is 0 Å². The van der Waals surface area contributed by atoms with Crippen molar-refractivity contribution in [2.24, 2.45) is 5.41 Å². The van der Waals surface area contributed by atoms with Crippen molar-refractivity contribution in [2.45, 2.75) is 49.0 Å². The molecule has 7 nitrogen and oxygen atoms in total. The van der Waals surface area contributed by atoms with Crippen LogP contribution >= 0.6 is 0 Å². The first-order valence-corrected chi connectivity index (χ1v) is 14.9. The van der Waals surface area contributed by atoms with E-state index in [1.165, 1.54) is 18.2 Å². The van der Waals surface area contributed by atoms with Crippen LogP contribution in [0.25, 0.3) is 5.57 Å². The average molecular weight is 554 g/mol. The van der Waals surface area contributed by atoms with E-state index >= 15 is 0 Å². The van der Waals surface area contributed by atoms with Crippen molar-refractivity contribution in [1.82, 2.24) is 0 Å². The van der Waals surface area contributed by atoms with E-state index in [1.54, 1.807) is 37.9 Å². The van der Waals surface area contributed by atoms with Crippen LogP contribution in [0.3, 0.4) is 0 Å². The second-order valence-electron chi connectivity index (χ2n) is 10.3. The summed E-state index contributed by atoms with van der Waals surface area (Å²) in [4.78, 5) is 13.1. The number of hydrogen-bond donors (Lipinski definition) is 1. The van der Waals surface area contributed by atoms with E-state index in [0.29, 0.717) is 35.4 Å². The Labute approximate surface area is 217 Å². The van der Waals surface area contributed by atoms with Crippen molar-refractivity contribution < 1.29 is 36.0 Å². The normalized spacial score (nSPS) is 21.1. The Morgan fingerprint density at radius 2 is 1.76 bits per heavy atom. The maximum absolute atomic E-state index is 14.1. The Kier molecular flexibility index (Phi) is 7.11. The fraction of sp³-hybridized carbons (Fsp3) is 0.423. The molecule has 2 aromatic rings. The quantitative estimate of drug-likeness (QED) is 0.493. The smallest absolute Gasteiger partial charge is 0.303 e. The molecule has 2 unspecified atom stereocenters. The van der Waals surface area contributed by atoms with Crippen LogP contribution in [0.4, 0.5) is 14.5 Å². The van der Waals surface area contributed by atoms with Crippen LogP contribution < -0.4 is 4.90 Å². The summed E-state index contributed by atoms with van der Waals surface area (Å²) < 4.78 is 71.8. The standard InChI is InChI=1S/C26H29F2NO6S2/c1-25(2)22(16-5-8-18(9-6-16)37(4,33)34)23(29(3)17-7-10-19(27)20(28)13-17)24(35-25)36(32)15-26(11-12-26)14-21(30)31/h5-10,13,24H,11-12,14-15H2,1-4H3,(H,30,31). The second kappa shape index (κ2) is 9.59. The van der Waals surface area contributed by atoms with Crippen molar-refractivity contribution in [3.63, 3.8) is 0 Å². The molecule has 4 rings (SSSR count). The summed E-state index contributed by atoms with van der Waals surface area (Å²) in [5.74, 6) is -2.88. The topological polar surface area (TPSA) is 101 Å². The van der Waals surface area contributed by atoms with Crippen molar-refractivity contribution >= 4 is 37.9 Å². The Morgan fingerprint density at radius 3 is 2.27 bits per heavy atom. The summed E-state index contributed by atoms with van der Waals surface area (Å²) in [7, 11) is -3.46. The molecule has 1 aliphatic heterocycles. The number of sulfone groups is 1. The van der Waals surface area contributed by atoms with Gasteiger partial charge >= 0.3 is 5.97 Å². The van der Waals surface area contributed by atoms with Gasteiger partial charge in [-0.15, -0.1) is 0 Å². The van der Waals surface area contributed by atoms with Crippen LogP contribution in [0.5, 0.6) is 0 Å². The largest absolute Gasteiger partial charge is 0.481 e. The number of aliphatic carboxylic acids is 1. The highest BCUT2D eigenvalue weighted by molar-refractivity contribution is 7.90. The monoisotopic (exact) mass is 553 g/mol. The molecule has 0 amide bonds. The van der Waals surface area contributed by atoms with Crippen LogP contribution in [-0.4, -0.2) is 53.8 Å². The first-order valence-electron chi connectivity index (χ1n) is 11.6. The molecule has 2 atom stereocenters. The third kappa shape index (κ3) is 5.63. The number of likely N-dealkylation sites (N-methyl/N-ethyl adjacent to an activating group) is 1. The zero-order valence-electron chi connectivity index (χ0n) is 21.0. The van der Waals surface area contributed by atoms with Gasteiger partial charge in [0.05, 0.1) is 33.4 Å². The van der Waals surface area contributed by atoms with Gasteiger partial charge in [-0.2, -0.15) is 0 Å². The van der Waals surface area contributed by atoms with Crippen LogP contribution in [0.15, 0.2) is 53.1 Å². The molecule has 200 valence electrons. The molecule has 11 heteroatoms. The number of hydrogen-bond acceptors (Lipinski definition) is 6. The number of rotatable bonds is 9. The van der Waals surface area contributed by atoms with Crippen LogP contribution in [0.1, 0.15) is 38.7 Å². The molecule has 0 radical (unpaired) electrons. The van der Waals surface area contributed by atoms with E-state index in [1.807, 2.05) is 0 Å². The molecule has 1 heterocycles. The van der Waals surface area contributed by atoms with E-state index in [0.717, 1.165) is 18.4 Å². The first-order chi connectivity index (χ1) is 17.1. The minimum Gasteiger partial charge on any atom is -0.481 e. The number of carboxylic acids is 1. The highest BCUT2D eigenvalue weighted by Crippen LogP contribution is 2.52. The van der Waals surface area contributed by atoms with Crippen LogP contribution in [0.2, 0.25) is 0 Å². The summed E-state index contributed by atoms with van der Waals surface area (Å²) >= 11 is 0. The van der Waals surface area contributed by atoms with Gasteiger partial charge in [-0.25, -0.2) is 17.2 Å². The summed E-state index contributed by atoms with van der Waals surface area (Å²) in [5.41, 5.74) is -0.547. The Morgan fingerprint density at radius 1 is 1.14 bits per heavy atom. The Balaban J connectivity index is 1.83. The molecule has 1 N–H and O–H groups in total. The van der Waals surface area contributed by atoms with E-state index in [-0.39, 0.29) is 17.1 Å². The maximum atomic E-state index is 14.1. The zero-order chi connectivity index (χ0) is 27.3. The van der Waals surface area contributed by atoms with Crippen molar-refractivity contribution in [1.29, 1.82) is 0 Å². The van der Waals surface area contributed by atoms with E-state index in [4.69, 9.17) is 4.74 Å². The fourth-order valence-electron chi connectivity index (χ4n) is 4.76.